The summed E-state index contributed by atoms with van der Waals surface area (Å²) in [4.78, 5) is 31.1. The number of carbonyl (C=O) groups is 2. The number of hydrogen-bond acceptors (Lipinski definition) is 4. The molecule has 0 saturated carbocycles. The Morgan fingerprint density at radius 3 is 2.04 bits per heavy atom. The molecule has 24 heavy (non-hydrogen) atoms. The molecule has 0 bridgehead atoms. The third-order valence-electron chi connectivity index (χ3n) is 2.93. The zero-order chi connectivity index (χ0) is 18.1. The summed E-state index contributed by atoms with van der Waals surface area (Å²) in [5.74, 6) is -0.707. The number of H-pyrrole nitrogens is 2. The molecule has 0 aliphatic heterocycles. The van der Waals surface area contributed by atoms with Gasteiger partial charge in [-0.25, -0.2) is 14.4 Å². The Hall–Kier alpha value is -3.01. The molecule has 0 aliphatic rings. The van der Waals surface area contributed by atoms with E-state index in [0.717, 1.165) is 5.69 Å². The number of aromatic amines is 2. The average molecular weight is 331 g/mol. The van der Waals surface area contributed by atoms with E-state index in [1.54, 1.807) is 26.8 Å². The lowest BCUT2D eigenvalue weighted by molar-refractivity contribution is 0.0510. The summed E-state index contributed by atoms with van der Waals surface area (Å²) in [5, 5.41) is 0. The largest absolute Gasteiger partial charge is 0.461 e. The topological polar surface area (TPSA) is 88.5 Å². The molecule has 0 unspecified atom stereocenters. The third-order valence-corrected chi connectivity index (χ3v) is 2.93. The molecule has 0 saturated heterocycles. The van der Waals surface area contributed by atoms with Crippen LogP contribution in [0.4, 0.5) is 5.69 Å². The van der Waals surface area contributed by atoms with E-state index in [4.69, 9.17) is 16.0 Å². The minimum absolute atomic E-state index is 0.291. The van der Waals surface area contributed by atoms with Gasteiger partial charge in [-0.3, -0.25) is 0 Å². The summed E-state index contributed by atoms with van der Waals surface area (Å²) < 4.78 is 9.54. The Morgan fingerprint density at radius 2 is 1.62 bits per heavy atom. The molecule has 2 aromatic heterocycles. The first-order valence-electron chi connectivity index (χ1n) is 7.49. The second kappa shape index (κ2) is 9.20. The smallest absolute Gasteiger partial charge is 0.354 e. The summed E-state index contributed by atoms with van der Waals surface area (Å²) in [6.07, 6.45) is 0. The lowest BCUT2D eigenvalue weighted by Gasteiger charge is -1.97. The molecule has 0 aromatic carbocycles. The molecule has 128 valence electrons. The second-order valence-corrected chi connectivity index (χ2v) is 4.80. The van der Waals surface area contributed by atoms with Crippen LogP contribution >= 0.6 is 0 Å². The monoisotopic (exact) mass is 331 g/mol. The van der Waals surface area contributed by atoms with Crippen molar-refractivity contribution in [1.82, 2.24) is 9.97 Å². The van der Waals surface area contributed by atoms with E-state index in [1.807, 2.05) is 13.0 Å². The van der Waals surface area contributed by atoms with Gasteiger partial charge < -0.3 is 19.4 Å². The van der Waals surface area contributed by atoms with E-state index in [2.05, 4.69) is 14.8 Å². The maximum atomic E-state index is 11.2. The van der Waals surface area contributed by atoms with Crippen LogP contribution in [0.1, 0.15) is 46.2 Å². The fraction of sp³-hybridized carbons (Fsp3) is 0.353. The number of nitrogens with zero attached hydrogens (tertiary/aromatic N) is 1. The molecule has 2 aromatic rings. The molecule has 7 heteroatoms. The Morgan fingerprint density at radius 1 is 1.04 bits per heavy atom. The normalized spacial score (nSPS) is 9.46. The van der Waals surface area contributed by atoms with Gasteiger partial charge in [0.2, 0.25) is 5.69 Å². The van der Waals surface area contributed by atoms with E-state index < -0.39 is 5.97 Å². The number of aryl methyl sites for hydroxylation is 2. The molecular weight excluding hydrogens is 310 g/mol. The van der Waals surface area contributed by atoms with Gasteiger partial charge in [0, 0.05) is 11.4 Å². The van der Waals surface area contributed by atoms with Crippen LogP contribution in [0.15, 0.2) is 18.2 Å². The molecule has 0 spiro atoms. The second-order valence-electron chi connectivity index (χ2n) is 4.80. The summed E-state index contributed by atoms with van der Waals surface area (Å²) >= 11 is 0. The van der Waals surface area contributed by atoms with Crippen molar-refractivity contribution in [3.63, 3.8) is 0 Å². The SMILES string of the molecule is CCOC(=O)c1ccc(C)[nH]1.[C-]#[N+]c1cc(C(=O)OCC)[nH]c1C. The van der Waals surface area contributed by atoms with Gasteiger partial charge in [0.1, 0.15) is 11.4 Å². The van der Waals surface area contributed by atoms with Crippen LogP contribution in [-0.4, -0.2) is 35.1 Å². The predicted octanol–water partition coefficient (Wildman–Crippen LogP) is 3.55. The maximum absolute atomic E-state index is 11.2. The van der Waals surface area contributed by atoms with Gasteiger partial charge in [0.15, 0.2) is 0 Å². The van der Waals surface area contributed by atoms with Crippen LogP contribution in [0.5, 0.6) is 0 Å². The minimum atomic E-state index is -0.416. The van der Waals surface area contributed by atoms with Crippen molar-refractivity contribution in [3.8, 4) is 0 Å². The van der Waals surface area contributed by atoms with Gasteiger partial charge in [0.05, 0.1) is 19.8 Å². The fourth-order valence-electron chi connectivity index (χ4n) is 1.81. The summed E-state index contributed by atoms with van der Waals surface area (Å²) in [5.41, 5.74) is 2.98. The zero-order valence-corrected chi connectivity index (χ0v) is 14.2. The van der Waals surface area contributed by atoms with Crippen LogP contribution in [0.2, 0.25) is 0 Å². The number of esters is 2. The number of hydrogen-bond donors (Lipinski definition) is 2. The lowest BCUT2D eigenvalue weighted by Crippen LogP contribution is -2.04. The Labute approximate surface area is 140 Å². The van der Waals surface area contributed by atoms with Crippen molar-refractivity contribution in [2.45, 2.75) is 27.7 Å². The Bertz CT molecular complexity index is 737. The molecule has 2 N–H and O–H groups in total. The van der Waals surface area contributed by atoms with Gasteiger partial charge >= 0.3 is 11.9 Å². The summed E-state index contributed by atoms with van der Waals surface area (Å²) in [7, 11) is 0. The molecule has 2 heterocycles. The lowest BCUT2D eigenvalue weighted by atomic mass is 10.4. The highest BCUT2D eigenvalue weighted by Gasteiger charge is 2.11. The van der Waals surface area contributed by atoms with E-state index in [1.165, 1.54) is 6.07 Å². The minimum Gasteiger partial charge on any atom is -0.461 e. The van der Waals surface area contributed by atoms with Crippen molar-refractivity contribution >= 4 is 17.6 Å². The number of rotatable bonds is 4. The van der Waals surface area contributed by atoms with Crippen molar-refractivity contribution in [3.05, 3.63) is 52.4 Å². The van der Waals surface area contributed by atoms with Crippen LogP contribution in [-0.2, 0) is 9.47 Å². The van der Waals surface area contributed by atoms with Crippen LogP contribution in [0.3, 0.4) is 0 Å². The van der Waals surface area contributed by atoms with E-state index >= 15 is 0 Å². The molecule has 0 atom stereocenters. The predicted molar refractivity (Wildman–Crippen MR) is 89.2 cm³/mol. The van der Waals surface area contributed by atoms with Gasteiger partial charge in [-0.2, -0.15) is 0 Å². The van der Waals surface area contributed by atoms with E-state index in [9.17, 15) is 9.59 Å². The number of ether oxygens (including phenoxy) is 2. The Balaban J connectivity index is 0.000000243. The summed E-state index contributed by atoms with van der Waals surface area (Å²) in [6.45, 7) is 14.7. The zero-order valence-electron chi connectivity index (χ0n) is 14.2. The average Bonchev–Trinajstić information content (AvgIpc) is 3.14. The van der Waals surface area contributed by atoms with E-state index in [-0.39, 0.29) is 5.97 Å². The van der Waals surface area contributed by atoms with Crippen LogP contribution in [0, 0.1) is 20.4 Å². The number of aromatic nitrogens is 2. The van der Waals surface area contributed by atoms with E-state index in [0.29, 0.717) is 36.0 Å². The van der Waals surface area contributed by atoms with Gasteiger partial charge in [0.25, 0.3) is 0 Å². The first kappa shape index (κ1) is 19.0. The van der Waals surface area contributed by atoms with Crippen LogP contribution < -0.4 is 0 Å². The highest BCUT2D eigenvalue weighted by Crippen LogP contribution is 2.19. The third kappa shape index (κ3) is 5.32. The first-order valence-corrected chi connectivity index (χ1v) is 7.49. The molecule has 2 rings (SSSR count). The number of nitrogens with one attached hydrogen (secondary N) is 2. The van der Waals surface area contributed by atoms with Crippen molar-refractivity contribution in [1.29, 1.82) is 0 Å². The van der Waals surface area contributed by atoms with Gasteiger partial charge in [-0.15, -0.1) is 0 Å². The molecular formula is C17H21N3O4. The molecule has 7 nitrogen and oxygen atoms in total. The quantitative estimate of drug-likeness (QED) is 0.662. The van der Waals surface area contributed by atoms with Gasteiger partial charge in [-0.05, 0) is 45.9 Å². The molecule has 0 fully saturated rings. The molecule has 0 radical (unpaired) electrons. The highest BCUT2D eigenvalue weighted by atomic mass is 16.5. The first-order chi connectivity index (χ1) is 11.4. The molecule has 0 aliphatic carbocycles. The molecule has 0 amide bonds. The maximum Gasteiger partial charge on any atom is 0.354 e. The Kier molecular flexibility index (Phi) is 7.30. The standard InChI is InChI=1S/C9H10N2O2.C8H11NO2/c1-4-13-9(12)8-5-7(10-3)6(2)11-8;1-3-11-8(10)7-5-4-6(2)9-7/h5,11H,4H2,1-2H3;4-5,9H,3H2,1-2H3. The fourth-order valence-corrected chi connectivity index (χ4v) is 1.81. The highest BCUT2D eigenvalue weighted by molar-refractivity contribution is 5.89. The van der Waals surface area contributed by atoms with Gasteiger partial charge in [-0.1, -0.05) is 0 Å². The van der Waals surface area contributed by atoms with Crippen molar-refractivity contribution in [2.75, 3.05) is 13.2 Å². The van der Waals surface area contributed by atoms with Crippen molar-refractivity contribution < 1.29 is 19.1 Å². The number of carbonyl (C=O) groups excluding carboxylic acids is 2. The van der Waals surface area contributed by atoms with Crippen molar-refractivity contribution in [2.24, 2.45) is 0 Å². The van der Waals surface area contributed by atoms with Crippen LogP contribution in [0.25, 0.3) is 4.85 Å². The summed E-state index contributed by atoms with van der Waals surface area (Å²) in [6, 6.07) is 5.06.